The van der Waals surface area contributed by atoms with Gasteiger partial charge >= 0.3 is 6.18 Å². The highest BCUT2D eigenvalue weighted by molar-refractivity contribution is 6.03. The van der Waals surface area contributed by atoms with Crippen LogP contribution in [0.15, 0.2) is 60.8 Å². The van der Waals surface area contributed by atoms with Gasteiger partial charge in [-0.25, -0.2) is 9.97 Å². The van der Waals surface area contributed by atoms with Crippen molar-refractivity contribution in [2.45, 2.75) is 13.1 Å². The molecule has 1 heterocycles. The Hall–Kier alpha value is -3.42. The number of hydrogen-bond donors (Lipinski definition) is 2. The topological polar surface area (TPSA) is 66.9 Å². The van der Waals surface area contributed by atoms with Crippen LogP contribution in [-0.2, 0) is 6.18 Å². The average Bonchev–Trinajstić information content (AvgIpc) is 2.63. The monoisotopic (exact) mass is 372 g/mol. The third-order valence-electron chi connectivity index (χ3n) is 3.67. The molecule has 0 aliphatic rings. The molecule has 3 rings (SSSR count). The zero-order chi connectivity index (χ0) is 19.4. The molecule has 2 aromatic carbocycles. The van der Waals surface area contributed by atoms with E-state index < -0.39 is 17.6 Å². The van der Waals surface area contributed by atoms with Crippen LogP contribution in [0.3, 0.4) is 0 Å². The Morgan fingerprint density at radius 1 is 0.926 bits per heavy atom. The molecule has 0 saturated carbocycles. The van der Waals surface area contributed by atoms with E-state index in [1.54, 1.807) is 12.1 Å². The van der Waals surface area contributed by atoms with Gasteiger partial charge in [-0.15, -0.1) is 0 Å². The fourth-order valence-electron chi connectivity index (χ4n) is 2.25. The van der Waals surface area contributed by atoms with E-state index in [2.05, 4.69) is 20.6 Å². The summed E-state index contributed by atoms with van der Waals surface area (Å²) in [5, 5.41) is 5.50. The maximum absolute atomic E-state index is 12.6. The zero-order valence-corrected chi connectivity index (χ0v) is 14.2. The lowest BCUT2D eigenvalue weighted by Crippen LogP contribution is -2.14. The van der Waals surface area contributed by atoms with E-state index >= 15 is 0 Å². The molecule has 8 heteroatoms. The molecular formula is C19H15F3N4O. The fraction of sp³-hybridized carbons (Fsp3) is 0.105. The Kier molecular flexibility index (Phi) is 5.07. The molecule has 0 aliphatic carbocycles. The number of alkyl halides is 3. The second-order valence-electron chi connectivity index (χ2n) is 5.79. The van der Waals surface area contributed by atoms with E-state index in [0.29, 0.717) is 11.4 Å². The van der Waals surface area contributed by atoms with E-state index in [1.807, 2.05) is 19.1 Å². The first-order valence-corrected chi connectivity index (χ1v) is 7.96. The summed E-state index contributed by atoms with van der Waals surface area (Å²) in [6.45, 7) is 1.94. The summed E-state index contributed by atoms with van der Waals surface area (Å²) < 4.78 is 37.8. The Labute approximate surface area is 153 Å². The molecule has 3 aromatic rings. The van der Waals surface area contributed by atoms with Crippen molar-refractivity contribution in [3.05, 3.63) is 77.6 Å². The molecule has 0 fully saturated rings. The maximum atomic E-state index is 12.6. The lowest BCUT2D eigenvalue weighted by Gasteiger charge is -2.09. The van der Waals surface area contributed by atoms with Crippen molar-refractivity contribution < 1.29 is 18.0 Å². The van der Waals surface area contributed by atoms with Crippen LogP contribution in [0.25, 0.3) is 0 Å². The third kappa shape index (κ3) is 4.81. The number of hydrogen-bond acceptors (Lipinski definition) is 4. The quantitative estimate of drug-likeness (QED) is 0.690. The van der Waals surface area contributed by atoms with Crippen LogP contribution in [-0.4, -0.2) is 15.9 Å². The average molecular weight is 372 g/mol. The van der Waals surface area contributed by atoms with Gasteiger partial charge in [-0.2, -0.15) is 13.2 Å². The van der Waals surface area contributed by atoms with Crippen molar-refractivity contribution in [1.29, 1.82) is 0 Å². The van der Waals surface area contributed by atoms with Gasteiger partial charge in [0.05, 0.1) is 5.56 Å². The summed E-state index contributed by atoms with van der Waals surface area (Å²) in [5.41, 5.74) is 1.44. The van der Waals surface area contributed by atoms with Gasteiger partial charge in [0.2, 0.25) is 5.95 Å². The molecule has 1 amide bonds. The number of carbonyl (C=O) groups excluding carboxylic acids is 1. The Balaban J connectivity index is 1.71. The van der Waals surface area contributed by atoms with Crippen LogP contribution >= 0.6 is 0 Å². The number of aryl methyl sites for hydroxylation is 1. The van der Waals surface area contributed by atoms with Crippen LogP contribution in [0.5, 0.6) is 0 Å². The van der Waals surface area contributed by atoms with Crippen molar-refractivity contribution in [1.82, 2.24) is 9.97 Å². The standard InChI is InChI=1S/C19H15F3N4O/c1-12-2-6-14(7-3-12)24-17(27)16-10-11-23-18(26-16)25-15-8-4-13(5-9-15)19(20,21)22/h2-11H,1H3,(H,24,27)(H,23,25,26). The number of nitrogens with one attached hydrogen (secondary N) is 2. The van der Waals surface area contributed by atoms with Gasteiger partial charge in [0.25, 0.3) is 5.91 Å². The second-order valence-corrected chi connectivity index (χ2v) is 5.79. The van der Waals surface area contributed by atoms with E-state index in [1.165, 1.54) is 24.4 Å². The van der Waals surface area contributed by atoms with Crippen molar-refractivity contribution in [3.8, 4) is 0 Å². The summed E-state index contributed by atoms with van der Waals surface area (Å²) in [6.07, 6.45) is -3.01. The molecule has 1 aromatic heterocycles. The molecule has 0 aliphatic heterocycles. The lowest BCUT2D eigenvalue weighted by atomic mass is 10.2. The SMILES string of the molecule is Cc1ccc(NC(=O)c2ccnc(Nc3ccc(C(F)(F)F)cc3)n2)cc1. The Morgan fingerprint density at radius 3 is 2.19 bits per heavy atom. The van der Waals surface area contributed by atoms with Crippen molar-refractivity contribution in [3.63, 3.8) is 0 Å². The molecule has 5 nitrogen and oxygen atoms in total. The Morgan fingerprint density at radius 2 is 1.56 bits per heavy atom. The van der Waals surface area contributed by atoms with Gasteiger partial charge in [-0.05, 0) is 49.4 Å². The molecule has 2 N–H and O–H groups in total. The first-order valence-electron chi connectivity index (χ1n) is 7.96. The number of anilines is 3. The highest BCUT2D eigenvalue weighted by atomic mass is 19.4. The zero-order valence-electron chi connectivity index (χ0n) is 14.2. The molecule has 0 saturated heterocycles. The number of nitrogens with zero attached hydrogens (tertiary/aromatic N) is 2. The fourth-order valence-corrected chi connectivity index (χ4v) is 2.25. The molecular weight excluding hydrogens is 357 g/mol. The molecule has 0 unspecified atom stereocenters. The third-order valence-corrected chi connectivity index (χ3v) is 3.67. The lowest BCUT2D eigenvalue weighted by molar-refractivity contribution is -0.137. The minimum Gasteiger partial charge on any atom is -0.324 e. The smallest absolute Gasteiger partial charge is 0.324 e. The molecule has 0 spiro atoms. The summed E-state index contributed by atoms with van der Waals surface area (Å²) in [5.74, 6) is -0.317. The number of amides is 1. The van der Waals surface area contributed by atoms with Gasteiger partial charge in [-0.3, -0.25) is 4.79 Å². The van der Waals surface area contributed by atoms with Crippen molar-refractivity contribution >= 4 is 23.2 Å². The first kappa shape index (κ1) is 18.4. The normalized spacial score (nSPS) is 11.1. The number of halogens is 3. The molecule has 27 heavy (non-hydrogen) atoms. The number of benzene rings is 2. The second kappa shape index (κ2) is 7.45. The number of carbonyl (C=O) groups is 1. The number of aromatic nitrogens is 2. The van der Waals surface area contributed by atoms with Crippen LogP contribution in [0, 0.1) is 6.92 Å². The molecule has 0 atom stereocenters. The number of rotatable bonds is 4. The van der Waals surface area contributed by atoms with E-state index in [0.717, 1.165) is 17.7 Å². The highest BCUT2D eigenvalue weighted by Crippen LogP contribution is 2.30. The summed E-state index contributed by atoms with van der Waals surface area (Å²) in [4.78, 5) is 20.4. The predicted octanol–water partition coefficient (Wildman–Crippen LogP) is 4.80. The van der Waals surface area contributed by atoms with Crippen LogP contribution < -0.4 is 10.6 Å². The summed E-state index contributed by atoms with van der Waals surface area (Å²) >= 11 is 0. The van der Waals surface area contributed by atoms with E-state index in [4.69, 9.17) is 0 Å². The molecule has 0 radical (unpaired) electrons. The van der Waals surface area contributed by atoms with Gasteiger partial charge in [-0.1, -0.05) is 17.7 Å². The van der Waals surface area contributed by atoms with Crippen LogP contribution in [0.1, 0.15) is 21.6 Å². The highest BCUT2D eigenvalue weighted by Gasteiger charge is 2.29. The summed E-state index contributed by atoms with van der Waals surface area (Å²) in [6, 6.07) is 13.2. The molecule has 0 bridgehead atoms. The van der Waals surface area contributed by atoms with Crippen LogP contribution in [0.2, 0.25) is 0 Å². The van der Waals surface area contributed by atoms with E-state index in [-0.39, 0.29) is 11.6 Å². The van der Waals surface area contributed by atoms with Gasteiger partial charge in [0.1, 0.15) is 5.69 Å². The van der Waals surface area contributed by atoms with Crippen molar-refractivity contribution in [2.24, 2.45) is 0 Å². The largest absolute Gasteiger partial charge is 0.416 e. The van der Waals surface area contributed by atoms with Gasteiger partial charge < -0.3 is 10.6 Å². The predicted molar refractivity (Wildman–Crippen MR) is 95.9 cm³/mol. The minimum absolute atomic E-state index is 0.103. The minimum atomic E-state index is -4.40. The van der Waals surface area contributed by atoms with Crippen LogP contribution in [0.4, 0.5) is 30.5 Å². The first-order chi connectivity index (χ1) is 12.8. The van der Waals surface area contributed by atoms with Gasteiger partial charge in [0, 0.05) is 17.6 Å². The Bertz CT molecular complexity index is 938. The van der Waals surface area contributed by atoms with Gasteiger partial charge in [0.15, 0.2) is 0 Å². The van der Waals surface area contributed by atoms with E-state index in [9.17, 15) is 18.0 Å². The van der Waals surface area contributed by atoms with Crippen molar-refractivity contribution in [2.75, 3.05) is 10.6 Å². The maximum Gasteiger partial charge on any atom is 0.416 e. The molecule has 138 valence electrons. The summed E-state index contributed by atoms with van der Waals surface area (Å²) in [7, 11) is 0.